The molecule has 0 saturated carbocycles. The molecule has 3 fully saturated rings. The van der Waals surface area contributed by atoms with E-state index in [2.05, 4.69) is 37.7 Å². The Morgan fingerprint density at radius 3 is 2.48 bits per heavy atom. The highest BCUT2D eigenvalue weighted by molar-refractivity contribution is 5.95. The van der Waals surface area contributed by atoms with Gasteiger partial charge in [-0.25, -0.2) is 14.2 Å². The van der Waals surface area contributed by atoms with Crippen LogP contribution in [-0.4, -0.2) is 121 Å². The average molecular weight is 632 g/mol. The third-order valence-corrected chi connectivity index (χ3v) is 8.59. The summed E-state index contributed by atoms with van der Waals surface area (Å²) in [6, 6.07) is 10.0. The number of hydrogen-bond acceptors (Lipinski definition) is 11. The summed E-state index contributed by atoms with van der Waals surface area (Å²) in [4.78, 5) is 36.2. The predicted molar refractivity (Wildman–Crippen MR) is 174 cm³/mol. The molecule has 12 nitrogen and oxygen atoms in total. The first-order valence-corrected chi connectivity index (χ1v) is 16.0. The lowest BCUT2D eigenvalue weighted by atomic mass is 10.1. The SMILES string of the molecule is C[C@@H]1CN(c2ccc(C#N)c3ncccc23)C[C@H](CN2CCN(c3nc(N4CCN(C(=O)OC(C)(C)C)CC4)ncc3F)CC2)O1. The minimum absolute atomic E-state index is 0.000555. The summed E-state index contributed by atoms with van der Waals surface area (Å²) in [6.45, 7) is 14.7. The number of carbonyl (C=O) groups excluding carboxylic acids is 1. The van der Waals surface area contributed by atoms with E-state index >= 15 is 4.39 Å². The van der Waals surface area contributed by atoms with Crippen LogP contribution in [0.4, 0.5) is 26.6 Å². The van der Waals surface area contributed by atoms with Crippen molar-refractivity contribution in [2.24, 2.45) is 0 Å². The molecule has 6 rings (SSSR count). The Morgan fingerprint density at radius 2 is 1.76 bits per heavy atom. The maximum Gasteiger partial charge on any atom is 0.410 e. The number of fused-ring (bicyclic) bond motifs is 1. The van der Waals surface area contributed by atoms with E-state index in [-0.39, 0.29) is 18.3 Å². The first-order chi connectivity index (χ1) is 22.1. The lowest BCUT2D eigenvalue weighted by Crippen LogP contribution is -2.54. The van der Waals surface area contributed by atoms with E-state index in [4.69, 9.17) is 9.47 Å². The van der Waals surface area contributed by atoms with Crippen LogP contribution in [0.15, 0.2) is 36.7 Å². The summed E-state index contributed by atoms with van der Waals surface area (Å²) < 4.78 is 26.9. The Hall–Kier alpha value is -4.28. The Bertz CT molecular complexity index is 1590. The van der Waals surface area contributed by atoms with Crippen LogP contribution in [0.3, 0.4) is 0 Å². The van der Waals surface area contributed by atoms with Gasteiger partial charge in [0.1, 0.15) is 11.7 Å². The fraction of sp³-hybridized carbons (Fsp3) is 0.545. The highest BCUT2D eigenvalue weighted by atomic mass is 19.1. The zero-order chi connectivity index (χ0) is 32.4. The van der Waals surface area contributed by atoms with Crippen LogP contribution in [0.2, 0.25) is 0 Å². The molecule has 2 aromatic heterocycles. The number of piperazine rings is 2. The predicted octanol–water partition coefficient (Wildman–Crippen LogP) is 3.51. The van der Waals surface area contributed by atoms with Crippen LogP contribution in [-0.2, 0) is 9.47 Å². The average Bonchev–Trinajstić information content (AvgIpc) is 3.04. The highest BCUT2D eigenvalue weighted by Gasteiger charge is 2.31. The zero-order valence-electron chi connectivity index (χ0n) is 27.0. The maximum absolute atomic E-state index is 15.0. The molecule has 0 unspecified atom stereocenters. The van der Waals surface area contributed by atoms with Crippen LogP contribution in [0, 0.1) is 17.1 Å². The van der Waals surface area contributed by atoms with Crippen molar-refractivity contribution in [2.45, 2.75) is 45.5 Å². The van der Waals surface area contributed by atoms with E-state index in [0.29, 0.717) is 56.6 Å². The number of rotatable bonds is 5. The van der Waals surface area contributed by atoms with Gasteiger partial charge < -0.3 is 29.1 Å². The van der Waals surface area contributed by atoms with Crippen LogP contribution < -0.4 is 14.7 Å². The quantitative estimate of drug-likeness (QED) is 0.412. The van der Waals surface area contributed by atoms with E-state index in [9.17, 15) is 10.1 Å². The molecule has 3 aliphatic rings. The molecule has 13 heteroatoms. The van der Waals surface area contributed by atoms with Crippen molar-refractivity contribution < 1.29 is 18.7 Å². The van der Waals surface area contributed by atoms with Crippen molar-refractivity contribution in [1.82, 2.24) is 24.8 Å². The van der Waals surface area contributed by atoms with Crippen molar-refractivity contribution >= 4 is 34.4 Å². The van der Waals surface area contributed by atoms with Gasteiger partial charge in [-0.15, -0.1) is 0 Å². The van der Waals surface area contributed by atoms with Gasteiger partial charge in [-0.3, -0.25) is 9.88 Å². The number of amides is 1. The third kappa shape index (κ3) is 7.08. The van der Waals surface area contributed by atoms with Crippen LogP contribution in [0.1, 0.15) is 33.3 Å². The number of morpholine rings is 1. The largest absolute Gasteiger partial charge is 0.444 e. The summed E-state index contributed by atoms with van der Waals surface area (Å²) in [7, 11) is 0. The molecule has 3 aromatic rings. The van der Waals surface area contributed by atoms with Crippen molar-refractivity contribution in [3.8, 4) is 6.07 Å². The molecule has 0 radical (unpaired) electrons. The van der Waals surface area contributed by atoms with Gasteiger partial charge in [0.25, 0.3) is 0 Å². The standard InChI is InChI=1S/C33H42FN9O3/c1-23-20-43(28-8-7-24(18-35)29-26(28)6-5-9-36-29)22-25(45-23)21-39-10-12-40(13-11-39)30-27(34)19-37-31(38-30)41-14-16-42(17-15-41)32(44)46-33(2,3)4/h5-9,19,23,25H,10-17,20-22H2,1-4H3/t23-,25+/m1/s1. The lowest BCUT2D eigenvalue weighted by molar-refractivity contribution is -0.0327. The van der Waals surface area contributed by atoms with Gasteiger partial charge in [0.2, 0.25) is 5.95 Å². The van der Waals surface area contributed by atoms with Crippen molar-refractivity contribution in [3.05, 3.63) is 48.0 Å². The number of aromatic nitrogens is 3. The number of pyridine rings is 1. The normalized spacial score (nSPS) is 21.4. The Kier molecular flexibility index (Phi) is 9.11. The fourth-order valence-electron chi connectivity index (χ4n) is 6.44. The molecular formula is C33H42FN9O3. The molecule has 0 spiro atoms. The molecule has 3 saturated heterocycles. The molecule has 1 amide bonds. The molecule has 0 N–H and O–H groups in total. The molecule has 2 atom stereocenters. The van der Waals surface area contributed by atoms with Crippen LogP contribution in [0.5, 0.6) is 0 Å². The molecule has 3 aliphatic heterocycles. The lowest BCUT2D eigenvalue weighted by Gasteiger charge is -2.42. The number of nitrogens with zero attached hydrogens (tertiary/aromatic N) is 9. The topological polar surface area (TPSA) is 114 Å². The van der Waals surface area contributed by atoms with Gasteiger partial charge in [0.15, 0.2) is 11.6 Å². The van der Waals surface area contributed by atoms with Gasteiger partial charge in [0, 0.05) is 89.3 Å². The molecule has 1 aromatic carbocycles. The van der Waals surface area contributed by atoms with Crippen molar-refractivity contribution in [3.63, 3.8) is 0 Å². The number of benzene rings is 1. The first kappa shape index (κ1) is 31.7. The molecular weight excluding hydrogens is 589 g/mol. The second kappa shape index (κ2) is 13.2. The minimum atomic E-state index is -0.547. The van der Waals surface area contributed by atoms with Gasteiger partial charge in [0.05, 0.1) is 29.5 Å². The van der Waals surface area contributed by atoms with E-state index < -0.39 is 11.4 Å². The van der Waals surface area contributed by atoms with Crippen molar-refractivity contribution in [1.29, 1.82) is 5.26 Å². The first-order valence-electron chi connectivity index (χ1n) is 16.0. The summed E-state index contributed by atoms with van der Waals surface area (Å²) in [5.74, 6) is 0.348. The number of ether oxygens (including phenoxy) is 2. The van der Waals surface area contributed by atoms with E-state index in [0.717, 1.165) is 49.3 Å². The minimum Gasteiger partial charge on any atom is -0.444 e. The number of halogens is 1. The number of anilines is 3. The Morgan fingerprint density at radius 1 is 1.02 bits per heavy atom. The second-order valence-corrected chi connectivity index (χ2v) is 13.2. The molecule has 46 heavy (non-hydrogen) atoms. The Labute approximate surface area is 269 Å². The maximum atomic E-state index is 15.0. The zero-order valence-corrected chi connectivity index (χ0v) is 27.0. The van der Waals surface area contributed by atoms with E-state index in [1.807, 2.05) is 54.8 Å². The van der Waals surface area contributed by atoms with Gasteiger partial charge in [-0.2, -0.15) is 10.2 Å². The van der Waals surface area contributed by atoms with E-state index in [1.54, 1.807) is 11.1 Å². The second-order valence-electron chi connectivity index (χ2n) is 13.2. The summed E-state index contributed by atoms with van der Waals surface area (Å²) >= 11 is 0. The highest BCUT2D eigenvalue weighted by Crippen LogP contribution is 2.31. The van der Waals surface area contributed by atoms with Crippen LogP contribution in [0.25, 0.3) is 10.9 Å². The summed E-state index contributed by atoms with van der Waals surface area (Å²) in [5.41, 5.74) is 1.81. The molecule has 5 heterocycles. The van der Waals surface area contributed by atoms with E-state index in [1.165, 1.54) is 6.20 Å². The number of nitriles is 1. The molecule has 0 aliphatic carbocycles. The van der Waals surface area contributed by atoms with Crippen molar-refractivity contribution in [2.75, 3.05) is 86.7 Å². The summed E-state index contributed by atoms with van der Waals surface area (Å²) in [5, 5.41) is 10.5. The molecule has 0 bridgehead atoms. The van der Waals surface area contributed by atoms with Gasteiger partial charge in [-0.05, 0) is 52.0 Å². The smallest absolute Gasteiger partial charge is 0.410 e. The fourth-order valence-corrected chi connectivity index (χ4v) is 6.44. The summed E-state index contributed by atoms with van der Waals surface area (Å²) in [6.07, 6.45) is 2.69. The number of hydrogen-bond donors (Lipinski definition) is 0. The Balaban J connectivity index is 1.05. The van der Waals surface area contributed by atoms with Gasteiger partial charge >= 0.3 is 6.09 Å². The third-order valence-electron chi connectivity index (χ3n) is 8.59. The van der Waals surface area contributed by atoms with Gasteiger partial charge in [-0.1, -0.05) is 0 Å². The molecule has 244 valence electrons. The number of carbonyl (C=O) groups is 1. The monoisotopic (exact) mass is 631 g/mol. The van der Waals surface area contributed by atoms with Crippen LogP contribution >= 0.6 is 0 Å².